The summed E-state index contributed by atoms with van der Waals surface area (Å²) in [6.07, 6.45) is 3.10. The number of hydrogen-bond donors (Lipinski definition) is 1. The molecule has 2 aromatic heterocycles. The van der Waals surface area contributed by atoms with Crippen LogP contribution in [-0.2, 0) is 6.54 Å². The van der Waals surface area contributed by atoms with Gasteiger partial charge in [-0.05, 0) is 31.6 Å². The van der Waals surface area contributed by atoms with Crippen LogP contribution in [0.3, 0.4) is 0 Å². The summed E-state index contributed by atoms with van der Waals surface area (Å²) in [7, 11) is 0. The Morgan fingerprint density at radius 1 is 1.03 bits per heavy atom. The number of fused-ring (bicyclic) bond motifs is 1. The van der Waals surface area contributed by atoms with Gasteiger partial charge >= 0.3 is 0 Å². The minimum absolute atomic E-state index is 0.0403. The van der Waals surface area contributed by atoms with Crippen LogP contribution in [0.25, 0.3) is 22.3 Å². The summed E-state index contributed by atoms with van der Waals surface area (Å²) < 4.78 is 1.77. The molecule has 0 aliphatic heterocycles. The molecule has 3 rings (SSSR count). The van der Waals surface area contributed by atoms with E-state index in [1.165, 1.54) is 0 Å². The van der Waals surface area contributed by atoms with Gasteiger partial charge in [0, 0.05) is 41.7 Å². The van der Waals surface area contributed by atoms with Crippen molar-refractivity contribution in [2.45, 2.75) is 46.6 Å². The maximum atomic E-state index is 12.7. The fourth-order valence-corrected chi connectivity index (χ4v) is 3.93. The van der Waals surface area contributed by atoms with Crippen LogP contribution in [0.4, 0.5) is 5.95 Å². The van der Waals surface area contributed by atoms with Crippen molar-refractivity contribution in [2.75, 3.05) is 31.5 Å². The first-order chi connectivity index (χ1) is 15.1. The first-order valence-corrected chi connectivity index (χ1v) is 11.6. The molecular formula is C24H32ClN5O. The number of rotatable bonds is 11. The average Bonchev–Trinajstić information content (AvgIpc) is 2.78. The lowest BCUT2D eigenvalue weighted by molar-refractivity contribution is 0.316. The molecule has 31 heavy (non-hydrogen) atoms. The molecule has 6 nitrogen and oxygen atoms in total. The van der Waals surface area contributed by atoms with Gasteiger partial charge < -0.3 is 10.2 Å². The van der Waals surface area contributed by atoms with Gasteiger partial charge in [0.1, 0.15) is 5.65 Å². The standard InChI is InChI=1S/C24H32ClN5O/c1-4-7-10-16-30-21(31)14-13-19-22(18-11-8-9-12-20(18)25)27-24(28-23(19)30)26-15-17-29(5-2)6-3/h8-9,11-14H,4-7,10,15-17H2,1-3H3,(H,26,27,28). The summed E-state index contributed by atoms with van der Waals surface area (Å²) in [5.74, 6) is 0.518. The van der Waals surface area contributed by atoms with Gasteiger partial charge in [-0.1, -0.05) is 63.4 Å². The van der Waals surface area contributed by atoms with E-state index in [2.05, 4.69) is 31.0 Å². The van der Waals surface area contributed by atoms with Gasteiger partial charge in [0.05, 0.1) is 5.69 Å². The van der Waals surface area contributed by atoms with E-state index in [4.69, 9.17) is 21.6 Å². The molecule has 3 aromatic rings. The molecule has 1 N–H and O–H groups in total. The van der Waals surface area contributed by atoms with Crippen LogP contribution in [0, 0.1) is 0 Å². The second kappa shape index (κ2) is 11.3. The van der Waals surface area contributed by atoms with Crippen LogP contribution in [-0.4, -0.2) is 45.6 Å². The highest BCUT2D eigenvalue weighted by atomic mass is 35.5. The molecule has 1 aromatic carbocycles. The smallest absolute Gasteiger partial charge is 0.252 e. The van der Waals surface area contributed by atoms with E-state index >= 15 is 0 Å². The third kappa shape index (κ3) is 5.63. The van der Waals surface area contributed by atoms with E-state index in [1.807, 2.05) is 30.3 Å². The Hall–Kier alpha value is -2.44. The average molecular weight is 442 g/mol. The second-order valence-electron chi connectivity index (χ2n) is 7.60. The van der Waals surface area contributed by atoms with Crippen molar-refractivity contribution >= 4 is 28.6 Å². The highest BCUT2D eigenvalue weighted by molar-refractivity contribution is 6.33. The molecule has 7 heteroatoms. The zero-order valence-corrected chi connectivity index (χ0v) is 19.5. The fraction of sp³-hybridized carbons (Fsp3) is 0.458. The molecule has 0 aliphatic rings. The Morgan fingerprint density at radius 3 is 2.52 bits per heavy atom. The molecule has 0 radical (unpaired) electrons. The lowest BCUT2D eigenvalue weighted by atomic mass is 10.1. The molecule has 0 spiro atoms. The lowest BCUT2D eigenvalue weighted by Crippen LogP contribution is -2.29. The summed E-state index contributed by atoms with van der Waals surface area (Å²) in [6, 6.07) is 11.1. The molecule has 0 saturated heterocycles. The number of likely N-dealkylation sites (N-methyl/N-ethyl adjacent to an activating group) is 1. The van der Waals surface area contributed by atoms with Gasteiger partial charge in [0.25, 0.3) is 5.56 Å². The number of unbranched alkanes of at least 4 members (excludes halogenated alkanes) is 2. The first-order valence-electron chi connectivity index (χ1n) is 11.2. The van der Waals surface area contributed by atoms with Gasteiger partial charge in [0.15, 0.2) is 0 Å². The normalized spacial score (nSPS) is 11.4. The van der Waals surface area contributed by atoms with E-state index in [0.717, 1.165) is 62.1 Å². The Bertz CT molecular complexity index is 1060. The summed E-state index contributed by atoms with van der Waals surface area (Å²) in [4.78, 5) is 24.6. The molecule has 0 unspecified atom stereocenters. The minimum atomic E-state index is -0.0403. The monoisotopic (exact) mass is 441 g/mol. The van der Waals surface area contributed by atoms with Crippen molar-refractivity contribution in [2.24, 2.45) is 0 Å². The van der Waals surface area contributed by atoms with Gasteiger partial charge in [-0.2, -0.15) is 4.98 Å². The Labute approximate surface area is 189 Å². The summed E-state index contributed by atoms with van der Waals surface area (Å²) >= 11 is 6.51. The van der Waals surface area contributed by atoms with E-state index in [0.29, 0.717) is 23.2 Å². The summed E-state index contributed by atoms with van der Waals surface area (Å²) in [6.45, 7) is 10.7. The van der Waals surface area contributed by atoms with Crippen molar-refractivity contribution in [1.29, 1.82) is 0 Å². The van der Waals surface area contributed by atoms with Crippen molar-refractivity contribution < 1.29 is 0 Å². The third-order valence-electron chi connectivity index (χ3n) is 5.56. The highest BCUT2D eigenvalue weighted by Crippen LogP contribution is 2.31. The molecule has 2 heterocycles. The zero-order chi connectivity index (χ0) is 22.2. The second-order valence-corrected chi connectivity index (χ2v) is 8.00. The Morgan fingerprint density at radius 2 is 1.81 bits per heavy atom. The van der Waals surface area contributed by atoms with Crippen LogP contribution < -0.4 is 10.9 Å². The topological polar surface area (TPSA) is 63.1 Å². The number of benzene rings is 1. The summed E-state index contributed by atoms with van der Waals surface area (Å²) in [5, 5.41) is 4.81. The maximum absolute atomic E-state index is 12.7. The number of aryl methyl sites for hydroxylation is 1. The number of halogens is 1. The van der Waals surface area contributed by atoms with Crippen LogP contribution in [0.5, 0.6) is 0 Å². The molecule has 0 saturated carbocycles. The van der Waals surface area contributed by atoms with Crippen molar-refractivity contribution in [3.05, 3.63) is 51.8 Å². The van der Waals surface area contributed by atoms with Crippen molar-refractivity contribution in [1.82, 2.24) is 19.4 Å². The first kappa shape index (κ1) is 23.2. The van der Waals surface area contributed by atoms with Crippen molar-refractivity contribution in [3.63, 3.8) is 0 Å². The van der Waals surface area contributed by atoms with Gasteiger partial charge in [-0.3, -0.25) is 9.36 Å². The van der Waals surface area contributed by atoms with Crippen LogP contribution in [0.1, 0.15) is 40.0 Å². The third-order valence-corrected chi connectivity index (χ3v) is 5.89. The van der Waals surface area contributed by atoms with Gasteiger partial charge in [-0.15, -0.1) is 0 Å². The molecule has 166 valence electrons. The number of nitrogens with one attached hydrogen (secondary N) is 1. The zero-order valence-electron chi connectivity index (χ0n) is 18.7. The Kier molecular flexibility index (Phi) is 8.43. The lowest BCUT2D eigenvalue weighted by Gasteiger charge is -2.19. The van der Waals surface area contributed by atoms with E-state index in [9.17, 15) is 4.79 Å². The number of anilines is 1. The molecule has 0 amide bonds. The van der Waals surface area contributed by atoms with Crippen LogP contribution in [0.15, 0.2) is 41.2 Å². The number of hydrogen-bond acceptors (Lipinski definition) is 5. The van der Waals surface area contributed by atoms with Crippen LogP contribution in [0.2, 0.25) is 5.02 Å². The van der Waals surface area contributed by atoms with E-state index in [-0.39, 0.29) is 5.56 Å². The van der Waals surface area contributed by atoms with Crippen LogP contribution >= 0.6 is 11.6 Å². The number of pyridine rings is 1. The van der Waals surface area contributed by atoms with E-state index < -0.39 is 0 Å². The maximum Gasteiger partial charge on any atom is 0.252 e. The van der Waals surface area contributed by atoms with Crippen molar-refractivity contribution in [3.8, 4) is 11.3 Å². The fourth-order valence-electron chi connectivity index (χ4n) is 3.71. The predicted molar refractivity (Wildman–Crippen MR) is 130 cm³/mol. The Balaban J connectivity index is 2.08. The molecule has 0 fully saturated rings. The summed E-state index contributed by atoms with van der Waals surface area (Å²) in [5.41, 5.74) is 2.19. The van der Waals surface area contributed by atoms with Gasteiger partial charge in [0.2, 0.25) is 5.95 Å². The number of aromatic nitrogens is 3. The molecular weight excluding hydrogens is 410 g/mol. The predicted octanol–water partition coefficient (Wildman–Crippen LogP) is 5.06. The van der Waals surface area contributed by atoms with Gasteiger partial charge in [-0.25, -0.2) is 4.98 Å². The molecule has 0 bridgehead atoms. The quantitative estimate of drug-likeness (QED) is 0.421. The number of nitrogens with zero attached hydrogens (tertiary/aromatic N) is 4. The molecule has 0 aliphatic carbocycles. The minimum Gasteiger partial charge on any atom is -0.353 e. The van der Waals surface area contributed by atoms with E-state index in [1.54, 1.807) is 10.6 Å². The highest BCUT2D eigenvalue weighted by Gasteiger charge is 2.16. The largest absolute Gasteiger partial charge is 0.353 e. The SMILES string of the molecule is CCCCCn1c(=O)ccc2c(-c3ccccc3Cl)nc(NCCN(CC)CC)nc21. The molecule has 0 atom stereocenters.